The van der Waals surface area contributed by atoms with Gasteiger partial charge in [-0.3, -0.25) is 0 Å². The monoisotopic (exact) mass is 364 g/mol. The minimum Gasteiger partial charge on any atom is -0.464 e. The zero-order valence-corrected chi connectivity index (χ0v) is 14.6. The highest BCUT2D eigenvalue weighted by atomic mass is 32.2. The van der Waals surface area contributed by atoms with Crippen molar-refractivity contribution in [1.29, 1.82) is 0 Å². The molecule has 130 valence electrons. The van der Waals surface area contributed by atoms with E-state index >= 15 is 0 Å². The summed E-state index contributed by atoms with van der Waals surface area (Å²) in [4.78, 5) is 15.1. The number of hydrogen-bond acceptors (Lipinski definition) is 7. The van der Waals surface area contributed by atoms with Crippen LogP contribution in [0.3, 0.4) is 0 Å². The quantitative estimate of drug-likeness (QED) is 0.757. The van der Waals surface area contributed by atoms with E-state index < -0.39 is 28.4 Å². The van der Waals surface area contributed by atoms with Crippen molar-refractivity contribution in [1.82, 2.24) is 4.98 Å². The topological polar surface area (TPSA) is 107 Å². The Bertz CT molecular complexity index is 687. The number of ether oxygens (including phenoxy) is 3. The number of esters is 1. The molecular weight excluding hydrogens is 344 g/mol. The molecule has 1 N–H and O–H groups in total. The maximum Gasteiger partial charge on any atom is 0.341 e. The summed E-state index contributed by atoms with van der Waals surface area (Å²) in [5.74, 6) is -0.554. The van der Waals surface area contributed by atoms with Crippen LogP contribution < -0.4 is 4.80 Å². The standard InChI is InChI=1S/C13H20N2O6S2/c1-3-19-12(16)11(21-10-6-4-5-7-20-10)9-8-22-13(14-9)15-23(2,17)18/h8,10-11H,3-7H2,1-2H3,(H,14,15). The van der Waals surface area contributed by atoms with Crippen LogP contribution in [0.2, 0.25) is 0 Å². The fraction of sp³-hybridized carbons (Fsp3) is 0.692. The summed E-state index contributed by atoms with van der Waals surface area (Å²) in [5.41, 5.74) is 0.394. The summed E-state index contributed by atoms with van der Waals surface area (Å²) < 4.78 is 42.2. The zero-order valence-electron chi connectivity index (χ0n) is 13.0. The number of thiazole rings is 1. The molecule has 0 aliphatic carbocycles. The molecule has 0 radical (unpaired) electrons. The van der Waals surface area contributed by atoms with Crippen LogP contribution in [0.4, 0.5) is 0 Å². The van der Waals surface area contributed by atoms with Crippen LogP contribution in [0.25, 0.3) is 0 Å². The van der Waals surface area contributed by atoms with Gasteiger partial charge in [0.25, 0.3) is 10.0 Å². The van der Waals surface area contributed by atoms with Gasteiger partial charge in [-0.2, -0.15) is 0 Å². The van der Waals surface area contributed by atoms with Crippen LogP contribution in [0.1, 0.15) is 38.0 Å². The van der Waals surface area contributed by atoms with E-state index in [1.165, 1.54) is 0 Å². The molecule has 0 amide bonds. The number of H-pyrrole nitrogens is 1. The summed E-state index contributed by atoms with van der Waals surface area (Å²) in [5, 5.41) is 1.59. The minimum atomic E-state index is -3.52. The van der Waals surface area contributed by atoms with Gasteiger partial charge in [-0.1, -0.05) is 0 Å². The van der Waals surface area contributed by atoms with Gasteiger partial charge in [0.15, 0.2) is 17.2 Å². The first kappa shape index (κ1) is 18.1. The van der Waals surface area contributed by atoms with E-state index in [2.05, 4.69) is 9.38 Å². The van der Waals surface area contributed by atoms with Crippen molar-refractivity contribution < 1.29 is 27.4 Å². The summed E-state index contributed by atoms with van der Waals surface area (Å²) in [6, 6.07) is 0. The molecule has 1 saturated heterocycles. The van der Waals surface area contributed by atoms with Crippen molar-refractivity contribution in [2.24, 2.45) is 4.40 Å². The summed E-state index contributed by atoms with van der Waals surface area (Å²) in [6.07, 6.45) is 2.13. The van der Waals surface area contributed by atoms with E-state index in [1.807, 2.05) is 0 Å². The zero-order chi connectivity index (χ0) is 16.9. The first-order valence-electron chi connectivity index (χ1n) is 7.26. The van der Waals surface area contributed by atoms with Gasteiger partial charge in [0.1, 0.15) is 0 Å². The molecule has 2 heterocycles. The fourth-order valence-electron chi connectivity index (χ4n) is 2.07. The van der Waals surface area contributed by atoms with Crippen LogP contribution in [-0.2, 0) is 29.0 Å². The highest BCUT2D eigenvalue weighted by Crippen LogP contribution is 2.24. The first-order valence-corrected chi connectivity index (χ1v) is 9.99. The second kappa shape index (κ2) is 8.04. The predicted molar refractivity (Wildman–Crippen MR) is 83.1 cm³/mol. The molecule has 1 aliphatic heterocycles. The number of sulfonamides is 1. The first-order chi connectivity index (χ1) is 10.9. The largest absolute Gasteiger partial charge is 0.464 e. The van der Waals surface area contributed by atoms with Crippen molar-refractivity contribution in [3.05, 3.63) is 15.9 Å². The molecule has 0 spiro atoms. The summed E-state index contributed by atoms with van der Waals surface area (Å²) >= 11 is 1.07. The number of carbonyl (C=O) groups excluding carboxylic acids is 1. The SMILES string of the molecule is CCOC(=O)C(OC1CCCCO1)c1csc(=NS(C)(=O)=O)[nH]1. The molecule has 2 unspecified atom stereocenters. The highest BCUT2D eigenvalue weighted by molar-refractivity contribution is 7.89. The Hall–Kier alpha value is -1.23. The number of nitrogens with one attached hydrogen (secondary N) is 1. The molecule has 2 rings (SSSR count). The van der Waals surface area contributed by atoms with Crippen LogP contribution in [0.5, 0.6) is 0 Å². The molecule has 10 heteroatoms. The molecule has 2 atom stereocenters. The molecule has 1 aromatic rings. The number of rotatable bonds is 6. The van der Waals surface area contributed by atoms with Gasteiger partial charge in [0.05, 0.1) is 18.6 Å². The molecule has 0 saturated carbocycles. The van der Waals surface area contributed by atoms with Crippen molar-refractivity contribution in [3.63, 3.8) is 0 Å². The average Bonchev–Trinajstić information content (AvgIpc) is 2.92. The molecule has 1 aromatic heterocycles. The summed E-state index contributed by atoms with van der Waals surface area (Å²) in [7, 11) is -3.52. The Morgan fingerprint density at radius 3 is 2.96 bits per heavy atom. The third kappa shape index (κ3) is 5.72. The van der Waals surface area contributed by atoms with E-state index in [0.29, 0.717) is 18.7 Å². The summed E-state index contributed by atoms with van der Waals surface area (Å²) in [6.45, 7) is 2.50. The number of aromatic nitrogens is 1. The van der Waals surface area contributed by atoms with Crippen molar-refractivity contribution in [2.75, 3.05) is 19.5 Å². The van der Waals surface area contributed by atoms with Crippen molar-refractivity contribution in [2.45, 2.75) is 38.6 Å². The van der Waals surface area contributed by atoms with Crippen LogP contribution in [0.15, 0.2) is 9.78 Å². The van der Waals surface area contributed by atoms with Gasteiger partial charge in [-0.25, -0.2) is 13.2 Å². The number of aromatic amines is 1. The molecule has 23 heavy (non-hydrogen) atoms. The van der Waals surface area contributed by atoms with Gasteiger partial charge < -0.3 is 19.2 Å². The Labute approximate surface area is 138 Å². The van der Waals surface area contributed by atoms with Crippen molar-refractivity contribution >= 4 is 27.3 Å². The molecular formula is C13H20N2O6S2. The molecule has 1 aliphatic rings. The smallest absolute Gasteiger partial charge is 0.341 e. The molecule has 1 fully saturated rings. The maximum atomic E-state index is 12.1. The third-order valence-corrected chi connectivity index (χ3v) is 4.42. The second-order valence-electron chi connectivity index (χ2n) is 5.01. The van der Waals surface area contributed by atoms with Gasteiger partial charge in [-0.15, -0.1) is 15.7 Å². The Morgan fingerprint density at radius 1 is 1.57 bits per heavy atom. The Kier molecular flexibility index (Phi) is 6.33. The van der Waals surface area contributed by atoms with Gasteiger partial charge >= 0.3 is 5.97 Å². The van der Waals surface area contributed by atoms with Gasteiger partial charge in [-0.05, 0) is 26.2 Å². The van der Waals surface area contributed by atoms with E-state index in [4.69, 9.17) is 14.2 Å². The van der Waals surface area contributed by atoms with E-state index in [1.54, 1.807) is 12.3 Å². The third-order valence-electron chi connectivity index (χ3n) is 3.01. The molecule has 8 nitrogen and oxygen atoms in total. The molecule has 0 bridgehead atoms. The lowest BCUT2D eigenvalue weighted by molar-refractivity contribution is -0.205. The lowest BCUT2D eigenvalue weighted by Crippen LogP contribution is -2.29. The van der Waals surface area contributed by atoms with Crippen LogP contribution in [-0.4, -0.2) is 45.1 Å². The lowest BCUT2D eigenvalue weighted by atomic mass is 10.2. The highest BCUT2D eigenvalue weighted by Gasteiger charge is 2.29. The van der Waals surface area contributed by atoms with Gasteiger partial charge in [0.2, 0.25) is 0 Å². The number of carbonyl (C=O) groups is 1. The van der Waals surface area contributed by atoms with Gasteiger partial charge in [0, 0.05) is 12.0 Å². The number of hydrogen-bond donors (Lipinski definition) is 1. The maximum absolute atomic E-state index is 12.1. The second-order valence-corrected chi connectivity index (χ2v) is 7.52. The fourth-order valence-corrected chi connectivity index (χ4v) is 3.59. The Balaban J connectivity index is 2.22. The van der Waals surface area contributed by atoms with Crippen LogP contribution >= 0.6 is 11.3 Å². The number of nitrogens with zero attached hydrogens (tertiary/aromatic N) is 1. The van der Waals surface area contributed by atoms with E-state index in [0.717, 1.165) is 30.4 Å². The van der Waals surface area contributed by atoms with E-state index in [9.17, 15) is 13.2 Å². The normalized spacial score (nSPS) is 21.1. The molecule has 0 aromatic carbocycles. The van der Waals surface area contributed by atoms with Crippen LogP contribution in [0, 0.1) is 0 Å². The lowest BCUT2D eigenvalue weighted by Gasteiger charge is -2.26. The predicted octanol–water partition coefficient (Wildman–Crippen LogP) is 1.08. The minimum absolute atomic E-state index is 0.171. The van der Waals surface area contributed by atoms with E-state index in [-0.39, 0.29) is 11.4 Å². The Morgan fingerprint density at radius 2 is 2.35 bits per heavy atom. The van der Waals surface area contributed by atoms with Crippen molar-refractivity contribution in [3.8, 4) is 0 Å². The average molecular weight is 364 g/mol.